The molecule has 0 spiro atoms. The fourth-order valence-electron chi connectivity index (χ4n) is 2.03. The van der Waals surface area contributed by atoms with Crippen LogP contribution in [0, 0.1) is 10.1 Å². The number of ether oxygens (including phenoxy) is 1. The van der Waals surface area contributed by atoms with Crippen LogP contribution in [-0.4, -0.2) is 40.3 Å². The Kier molecular flexibility index (Phi) is 4.35. The number of hydrogen-bond donors (Lipinski definition) is 1. The SMILES string of the molecule is CCOC(=O)C1=NN(c2cccc([N+](=O)[O-])c2)[C@@H](C(=O)O)C1. The highest BCUT2D eigenvalue weighted by atomic mass is 16.6. The largest absolute Gasteiger partial charge is 0.480 e. The predicted molar refractivity (Wildman–Crippen MR) is 75.7 cm³/mol. The summed E-state index contributed by atoms with van der Waals surface area (Å²) in [7, 11) is 0. The van der Waals surface area contributed by atoms with Crippen molar-refractivity contribution in [2.24, 2.45) is 5.10 Å². The number of anilines is 1. The fraction of sp³-hybridized carbons (Fsp3) is 0.308. The Balaban J connectivity index is 2.36. The van der Waals surface area contributed by atoms with Crippen LogP contribution < -0.4 is 5.01 Å². The highest BCUT2D eigenvalue weighted by molar-refractivity contribution is 6.38. The Hall–Kier alpha value is -2.97. The van der Waals surface area contributed by atoms with Crippen molar-refractivity contribution >= 4 is 29.0 Å². The van der Waals surface area contributed by atoms with Gasteiger partial charge in [-0.2, -0.15) is 5.10 Å². The summed E-state index contributed by atoms with van der Waals surface area (Å²) in [6.45, 7) is 1.77. The minimum absolute atomic E-state index is 0.0271. The number of hydrogen-bond acceptors (Lipinski definition) is 7. The minimum Gasteiger partial charge on any atom is -0.480 e. The summed E-state index contributed by atoms with van der Waals surface area (Å²) in [5.41, 5.74) is 0.00285. The minimum atomic E-state index is -1.19. The van der Waals surface area contributed by atoms with Crippen LogP contribution in [0.5, 0.6) is 0 Å². The molecule has 1 aromatic rings. The molecule has 0 fully saturated rings. The number of non-ortho nitro benzene ring substituents is 1. The third-order valence-electron chi connectivity index (χ3n) is 3.01. The van der Waals surface area contributed by atoms with Gasteiger partial charge in [0.15, 0.2) is 6.04 Å². The highest BCUT2D eigenvalue weighted by Gasteiger charge is 2.37. The van der Waals surface area contributed by atoms with Crippen LogP contribution in [0.2, 0.25) is 0 Å². The maximum atomic E-state index is 11.7. The molecule has 1 aromatic carbocycles. The summed E-state index contributed by atoms with van der Waals surface area (Å²) in [6, 6.07) is 4.28. The zero-order valence-corrected chi connectivity index (χ0v) is 11.6. The first-order valence-corrected chi connectivity index (χ1v) is 6.45. The number of carbonyl (C=O) groups excluding carboxylic acids is 1. The van der Waals surface area contributed by atoms with Gasteiger partial charge in [-0.15, -0.1) is 0 Å². The number of nitro groups is 1. The average molecular weight is 307 g/mol. The van der Waals surface area contributed by atoms with Gasteiger partial charge >= 0.3 is 11.9 Å². The quantitative estimate of drug-likeness (QED) is 0.492. The smallest absolute Gasteiger partial charge is 0.354 e. The van der Waals surface area contributed by atoms with Crippen LogP contribution in [-0.2, 0) is 14.3 Å². The number of hydrazone groups is 1. The summed E-state index contributed by atoms with van der Waals surface area (Å²) in [5.74, 6) is -1.88. The van der Waals surface area contributed by atoms with Gasteiger partial charge in [0.05, 0.1) is 17.2 Å². The molecule has 1 aliphatic rings. The third kappa shape index (κ3) is 3.03. The van der Waals surface area contributed by atoms with Crippen molar-refractivity contribution in [1.29, 1.82) is 0 Å². The van der Waals surface area contributed by atoms with E-state index in [1.54, 1.807) is 6.92 Å². The topological polar surface area (TPSA) is 122 Å². The maximum absolute atomic E-state index is 11.7. The molecule has 0 unspecified atom stereocenters. The molecule has 0 saturated carbocycles. The number of rotatable bonds is 5. The molecule has 1 aliphatic heterocycles. The third-order valence-corrected chi connectivity index (χ3v) is 3.01. The Labute approximate surface area is 124 Å². The average Bonchev–Trinajstić information content (AvgIpc) is 2.93. The van der Waals surface area contributed by atoms with Crippen molar-refractivity contribution in [3.63, 3.8) is 0 Å². The molecule has 0 bridgehead atoms. The van der Waals surface area contributed by atoms with E-state index < -0.39 is 22.9 Å². The number of carbonyl (C=O) groups is 2. The van der Waals surface area contributed by atoms with E-state index in [0.717, 1.165) is 5.01 Å². The van der Waals surface area contributed by atoms with Gasteiger partial charge < -0.3 is 9.84 Å². The molecular formula is C13H13N3O6. The molecular weight excluding hydrogens is 294 g/mol. The van der Waals surface area contributed by atoms with Crippen LogP contribution in [0.3, 0.4) is 0 Å². The first kappa shape index (κ1) is 15.4. The van der Waals surface area contributed by atoms with Gasteiger partial charge in [0.25, 0.3) is 5.69 Å². The molecule has 0 aromatic heterocycles. The molecule has 0 aliphatic carbocycles. The fourth-order valence-corrected chi connectivity index (χ4v) is 2.03. The molecule has 1 N–H and O–H groups in total. The lowest BCUT2D eigenvalue weighted by Gasteiger charge is -2.19. The van der Waals surface area contributed by atoms with Gasteiger partial charge in [-0.25, -0.2) is 9.59 Å². The molecule has 0 amide bonds. The Morgan fingerprint density at radius 1 is 1.55 bits per heavy atom. The molecule has 0 radical (unpaired) electrons. The second kappa shape index (κ2) is 6.20. The number of nitro benzene ring substituents is 1. The summed E-state index contributed by atoms with van der Waals surface area (Å²) in [6.07, 6.45) is -0.128. The molecule has 2 rings (SSSR count). The zero-order valence-electron chi connectivity index (χ0n) is 11.6. The summed E-state index contributed by atoms with van der Waals surface area (Å²) >= 11 is 0. The van der Waals surface area contributed by atoms with E-state index in [2.05, 4.69) is 5.10 Å². The Morgan fingerprint density at radius 3 is 2.86 bits per heavy atom. The molecule has 9 nitrogen and oxygen atoms in total. The van der Waals surface area contributed by atoms with E-state index in [1.165, 1.54) is 24.3 Å². The van der Waals surface area contributed by atoms with Gasteiger partial charge in [0, 0.05) is 18.6 Å². The van der Waals surface area contributed by atoms with Crippen molar-refractivity contribution < 1.29 is 24.4 Å². The van der Waals surface area contributed by atoms with E-state index in [1.807, 2.05) is 0 Å². The van der Waals surface area contributed by atoms with Crippen LogP contribution in [0.4, 0.5) is 11.4 Å². The van der Waals surface area contributed by atoms with E-state index in [0.29, 0.717) is 0 Å². The van der Waals surface area contributed by atoms with Crippen molar-refractivity contribution in [3.8, 4) is 0 Å². The molecule has 116 valence electrons. The van der Waals surface area contributed by atoms with Crippen molar-refractivity contribution in [1.82, 2.24) is 0 Å². The van der Waals surface area contributed by atoms with Gasteiger partial charge in [0.1, 0.15) is 5.71 Å². The second-order valence-corrected chi connectivity index (χ2v) is 4.45. The Morgan fingerprint density at radius 2 is 2.27 bits per heavy atom. The van der Waals surface area contributed by atoms with E-state index >= 15 is 0 Å². The zero-order chi connectivity index (χ0) is 16.3. The van der Waals surface area contributed by atoms with E-state index in [9.17, 15) is 24.8 Å². The van der Waals surface area contributed by atoms with Crippen LogP contribution in [0.25, 0.3) is 0 Å². The van der Waals surface area contributed by atoms with Crippen molar-refractivity contribution in [2.75, 3.05) is 11.6 Å². The molecule has 1 atom stereocenters. The summed E-state index contributed by atoms with van der Waals surface area (Å²) < 4.78 is 4.80. The van der Waals surface area contributed by atoms with E-state index in [-0.39, 0.29) is 30.1 Å². The van der Waals surface area contributed by atoms with Gasteiger partial charge in [-0.05, 0) is 13.0 Å². The number of esters is 1. The lowest BCUT2D eigenvalue weighted by molar-refractivity contribution is -0.384. The van der Waals surface area contributed by atoms with Crippen molar-refractivity contribution in [2.45, 2.75) is 19.4 Å². The maximum Gasteiger partial charge on any atom is 0.354 e. The lowest BCUT2D eigenvalue weighted by atomic mass is 10.1. The summed E-state index contributed by atoms with van der Waals surface area (Å²) in [4.78, 5) is 33.2. The first-order valence-electron chi connectivity index (χ1n) is 6.45. The van der Waals surface area contributed by atoms with E-state index in [4.69, 9.17) is 4.74 Å². The lowest BCUT2D eigenvalue weighted by Crippen LogP contribution is -2.34. The van der Waals surface area contributed by atoms with Gasteiger partial charge in [-0.1, -0.05) is 6.07 Å². The van der Waals surface area contributed by atoms with Crippen LogP contribution in [0.15, 0.2) is 29.4 Å². The molecule has 1 heterocycles. The van der Waals surface area contributed by atoms with Gasteiger partial charge in [0.2, 0.25) is 0 Å². The normalized spacial score (nSPS) is 17.0. The number of nitrogens with zero attached hydrogens (tertiary/aromatic N) is 3. The van der Waals surface area contributed by atoms with Crippen molar-refractivity contribution in [3.05, 3.63) is 34.4 Å². The standard InChI is InChI=1S/C13H13N3O6/c1-2-22-13(19)10-7-11(12(17)18)15(14-10)8-4-3-5-9(6-8)16(20)21/h3-6,11H,2,7H2,1H3,(H,17,18)/t11-/m1/s1. The highest BCUT2D eigenvalue weighted by Crippen LogP contribution is 2.28. The van der Waals surface area contributed by atoms with Gasteiger partial charge in [-0.3, -0.25) is 15.1 Å². The van der Waals surface area contributed by atoms with Crippen LogP contribution >= 0.6 is 0 Å². The monoisotopic (exact) mass is 307 g/mol. The molecule has 22 heavy (non-hydrogen) atoms. The predicted octanol–water partition coefficient (Wildman–Crippen LogP) is 1.18. The summed E-state index contributed by atoms with van der Waals surface area (Å²) in [5, 5.41) is 25.1. The number of aliphatic carboxylic acids is 1. The molecule has 9 heteroatoms. The number of carboxylic acid groups (broad SMARTS) is 1. The molecule has 0 saturated heterocycles. The Bertz CT molecular complexity index is 657. The number of benzene rings is 1. The second-order valence-electron chi connectivity index (χ2n) is 4.45. The number of carboxylic acids is 1. The first-order chi connectivity index (χ1) is 10.4. The van der Waals surface area contributed by atoms with Crippen LogP contribution in [0.1, 0.15) is 13.3 Å².